The highest BCUT2D eigenvalue weighted by Gasteiger charge is 2.60. The molecule has 37 heavy (non-hydrogen) atoms. The van der Waals surface area contributed by atoms with E-state index in [-0.39, 0.29) is 26.9 Å². The van der Waals surface area contributed by atoms with Gasteiger partial charge in [-0.2, -0.15) is 13.5 Å². The molecule has 0 aliphatic heterocycles. The summed E-state index contributed by atoms with van der Waals surface area (Å²) in [6, 6.07) is 6.97. The first kappa shape index (κ1) is 27.1. The summed E-state index contributed by atoms with van der Waals surface area (Å²) in [6.45, 7) is 9.09. The molecule has 0 spiro atoms. The SMILES string of the molecule is C/C(=N\NC(N)=S)[C@H]1CC[C@H]2[C@@H]3CC[C@@H]4C[C@@H](OS(=O)(=O)c5ccc(C)cc5)CC[C@]4(C)[C@H]3CC[C@]12C. The Morgan fingerprint density at radius 1 is 1.03 bits per heavy atom. The van der Waals surface area contributed by atoms with Crippen LogP contribution in [0, 0.1) is 47.3 Å². The molecule has 1 aromatic carbocycles. The Morgan fingerprint density at radius 3 is 2.41 bits per heavy atom. The second-order valence-electron chi connectivity index (χ2n) is 12.8. The number of nitrogens with two attached hydrogens (primary N) is 1. The van der Waals surface area contributed by atoms with Crippen LogP contribution in [0.2, 0.25) is 0 Å². The number of benzene rings is 1. The van der Waals surface area contributed by atoms with Crippen LogP contribution in [-0.4, -0.2) is 25.3 Å². The van der Waals surface area contributed by atoms with Gasteiger partial charge in [-0.05, 0) is 130 Å². The maximum Gasteiger partial charge on any atom is 0.297 e. The predicted octanol–water partition coefficient (Wildman–Crippen LogP) is 5.94. The van der Waals surface area contributed by atoms with Crippen molar-refractivity contribution in [2.75, 3.05) is 0 Å². The second-order valence-corrected chi connectivity index (χ2v) is 14.8. The van der Waals surface area contributed by atoms with E-state index in [1.165, 1.54) is 38.5 Å². The fraction of sp³-hybridized carbons (Fsp3) is 0.724. The van der Waals surface area contributed by atoms with Crippen molar-refractivity contribution < 1.29 is 12.6 Å². The van der Waals surface area contributed by atoms with Gasteiger partial charge in [0.1, 0.15) is 0 Å². The molecule has 4 fully saturated rings. The molecule has 0 unspecified atom stereocenters. The first-order chi connectivity index (χ1) is 17.4. The molecule has 8 heteroatoms. The molecule has 8 atom stereocenters. The number of aryl methyl sites for hydroxylation is 1. The van der Waals surface area contributed by atoms with Crippen LogP contribution >= 0.6 is 12.2 Å². The molecule has 4 aliphatic carbocycles. The van der Waals surface area contributed by atoms with Crippen molar-refractivity contribution in [1.29, 1.82) is 0 Å². The van der Waals surface area contributed by atoms with Crippen LogP contribution in [0.3, 0.4) is 0 Å². The highest BCUT2D eigenvalue weighted by atomic mass is 32.2. The van der Waals surface area contributed by atoms with Crippen LogP contribution in [0.15, 0.2) is 34.3 Å². The van der Waals surface area contributed by atoms with E-state index in [1.54, 1.807) is 12.1 Å². The Kier molecular flexibility index (Phi) is 7.25. The van der Waals surface area contributed by atoms with Crippen molar-refractivity contribution in [1.82, 2.24) is 5.43 Å². The van der Waals surface area contributed by atoms with Crippen LogP contribution in [-0.2, 0) is 14.3 Å². The largest absolute Gasteiger partial charge is 0.375 e. The molecule has 4 saturated carbocycles. The van der Waals surface area contributed by atoms with E-state index in [4.69, 9.17) is 22.1 Å². The Bertz CT molecular complexity index is 1170. The molecular formula is C29H43N3O3S2. The molecule has 204 valence electrons. The summed E-state index contributed by atoms with van der Waals surface area (Å²) < 4.78 is 31.8. The standard InChI is InChI=1S/C29H43N3O3S2/c1-18-5-8-22(9-6-18)37(33,34)35-21-13-15-28(3)20(17-21)7-10-23-25-12-11-24(19(2)31-32-27(30)36)29(25,4)16-14-26(23)28/h5-6,8-9,20-21,23-26H,7,10-17H2,1-4H3,(H3,30,32,36)/b31-19+/t20-,21+,23+,24-,25+,26+,28+,29-/m1/s1. The maximum atomic E-state index is 13.0. The van der Waals surface area contributed by atoms with E-state index < -0.39 is 10.1 Å². The molecule has 3 N–H and O–H groups in total. The summed E-state index contributed by atoms with van der Waals surface area (Å²) in [4.78, 5) is 0.264. The van der Waals surface area contributed by atoms with E-state index in [0.717, 1.165) is 42.4 Å². The van der Waals surface area contributed by atoms with Crippen LogP contribution < -0.4 is 11.2 Å². The lowest BCUT2D eigenvalue weighted by Crippen LogP contribution is -2.54. The highest BCUT2D eigenvalue weighted by molar-refractivity contribution is 7.86. The van der Waals surface area contributed by atoms with Gasteiger partial charge in [0, 0.05) is 11.6 Å². The zero-order chi connectivity index (χ0) is 26.6. The lowest BCUT2D eigenvalue weighted by atomic mass is 9.44. The first-order valence-electron chi connectivity index (χ1n) is 14.0. The van der Waals surface area contributed by atoms with Gasteiger partial charge in [-0.3, -0.25) is 9.61 Å². The number of fused-ring (bicyclic) bond motifs is 5. The number of hydrogen-bond donors (Lipinski definition) is 2. The second kappa shape index (κ2) is 9.91. The van der Waals surface area contributed by atoms with Crippen LogP contribution in [0.1, 0.15) is 84.1 Å². The molecule has 5 rings (SSSR count). The van der Waals surface area contributed by atoms with E-state index in [0.29, 0.717) is 17.8 Å². The summed E-state index contributed by atoms with van der Waals surface area (Å²) >= 11 is 4.96. The highest BCUT2D eigenvalue weighted by Crippen LogP contribution is 2.67. The van der Waals surface area contributed by atoms with Gasteiger partial charge in [0.15, 0.2) is 5.11 Å². The Morgan fingerprint density at radius 2 is 1.70 bits per heavy atom. The molecule has 0 aromatic heterocycles. The van der Waals surface area contributed by atoms with Gasteiger partial charge < -0.3 is 5.73 Å². The van der Waals surface area contributed by atoms with E-state index in [9.17, 15) is 8.42 Å². The summed E-state index contributed by atoms with van der Waals surface area (Å²) in [6.07, 6.45) is 9.87. The number of hydrazone groups is 1. The topological polar surface area (TPSA) is 93.8 Å². The van der Waals surface area contributed by atoms with Gasteiger partial charge in [0.2, 0.25) is 0 Å². The molecule has 0 radical (unpaired) electrons. The van der Waals surface area contributed by atoms with Crippen molar-refractivity contribution in [2.24, 2.45) is 51.3 Å². The third-order valence-electron chi connectivity index (χ3n) is 11.0. The molecular weight excluding hydrogens is 502 g/mol. The number of nitrogens with one attached hydrogen (secondary N) is 1. The zero-order valence-electron chi connectivity index (χ0n) is 22.7. The van der Waals surface area contributed by atoms with Gasteiger partial charge in [-0.25, -0.2) is 0 Å². The lowest BCUT2D eigenvalue weighted by molar-refractivity contribution is -0.120. The van der Waals surface area contributed by atoms with Gasteiger partial charge in [-0.15, -0.1) is 0 Å². The normalized spacial score (nSPS) is 39.8. The summed E-state index contributed by atoms with van der Waals surface area (Å²) in [5, 5.41) is 4.75. The van der Waals surface area contributed by atoms with Crippen molar-refractivity contribution in [3.05, 3.63) is 29.8 Å². The number of thiocarbonyl (C=S) groups is 1. The molecule has 1 aromatic rings. The molecule has 0 heterocycles. The van der Waals surface area contributed by atoms with E-state index in [1.807, 2.05) is 19.1 Å². The average Bonchev–Trinajstić information content (AvgIpc) is 3.20. The van der Waals surface area contributed by atoms with Gasteiger partial charge in [0.25, 0.3) is 10.1 Å². The van der Waals surface area contributed by atoms with Crippen LogP contribution in [0.5, 0.6) is 0 Å². The third kappa shape index (κ3) is 4.87. The molecule has 0 bridgehead atoms. The maximum absolute atomic E-state index is 13.0. The zero-order valence-corrected chi connectivity index (χ0v) is 24.3. The average molecular weight is 546 g/mol. The molecule has 0 amide bonds. The number of hydrogen-bond acceptors (Lipinski definition) is 5. The molecule has 0 saturated heterocycles. The Labute approximate surface area is 228 Å². The molecule has 4 aliphatic rings. The van der Waals surface area contributed by atoms with E-state index >= 15 is 0 Å². The van der Waals surface area contributed by atoms with Crippen molar-refractivity contribution in [2.45, 2.75) is 96.5 Å². The van der Waals surface area contributed by atoms with E-state index in [2.05, 4.69) is 31.3 Å². The minimum Gasteiger partial charge on any atom is -0.375 e. The third-order valence-corrected chi connectivity index (χ3v) is 12.5. The summed E-state index contributed by atoms with van der Waals surface area (Å²) in [7, 11) is -3.73. The fourth-order valence-corrected chi connectivity index (χ4v) is 10.3. The van der Waals surface area contributed by atoms with Gasteiger partial charge >= 0.3 is 0 Å². The monoisotopic (exact) mass is 545 g/mol. The number of rotatable bonds is 5. The van der Waals surface area contributed by atoms with Crippen molar-refractivity contribution in [3.8, 4) is 0 Å². The van der Waals surface area contributed by atoms with Crippen molar-refractivity contribution >= 4 is 33.2 Å². The quantitative estimate of drug-likeness (QED) is 0.206. The fourth-order valence-electron chi connectivity index (χ4n) is 9.15. The smallest absolute Gasteiger partial charge is 0.297 e. The Hall–Kier alpha value is -1.51. The first-order valence-corrected chi connectivity index (χ1v) is 15.9. The van der Waals surface area contributed by atoms with Crippen LogP contribution in [0.4, 0.5) is 0 Å². The Balaban J connectivity index is 1.28. The van der Waals surface area contributed by atoms with Gasteiger partial charge in [-0.1, -0.05) is 31.5 Å². The van der Waals surface area contributed by atoms with Crippen LogP contribution in [0.25, 0.3) is 0 Å². The lowest BCUT2D eigenvalue weighted by Gasteiger charge is -2.61. The minimum atomic E-state index is -3.73. The summed E-state index contributed by atoms with van der Waals surface area (Å²) in [5.74, 6) is 3.18. The van der Waals surface area contributed by atoms with Gasteiger partial charge in [0.05, 0.1) is 11.0 Å². The summed E-state index contributed by atoms with van der Waals surface area (Å²) in [5.41, 5.74) is 11.1. The minimum absolute atomic E-state index is 0.217. The molecule has 6 nitrogen and oxygen atoms in total. The number of nitrogens with zero attached hydrogens (tertiary/aromatic N) is 1. The predicted molar refractivity (Wildman–Crippen MR) is 151 cm³/mol. The van der Waals surface area contributed by atoms with Crippen molar-refractivity contribution in [3.63, 3.8) is 0 Å².